The largest absolute Gasteiger partial charge is 0.477 e. The number of carbonyl (C=O) groups excluding carboxylic acids is 1. The molecular formula is C23H22BrNO4. The lowest BCUT2D eigenvalue weighted by molar-refractivity contribution is -0.135. The molecule has 2 aliphatic carbocycles. The van der Waals surface area contributed by atoms with Gasteiger partial charge < -0.3 is 15.2 Å². The molecule has 3 unspecified atom stereocenters. The van der Waals surface area contributed by atoms with Crippen molar-refractivity contribution < 1.29 is 19.4 Å². The van der Waals surface area contributed by atoms with Gasteiger partial charge in [0.15, 0.2) is 0 Å². The molecule has 0 saturated heterocycles. The van der Waals surface area contributed by atoms with E-state index >= 15 is 0 Å². The number of carboxylic acid groups (broad SMARTS) is 1. The molecule has 2 aromatic carbocycles. The number of carbonyl (C=O) groups is 2. The summed E-state index contributed by atoms with van der Waals surface area (Å²) in [6.07, 6.45) is 5.74. The van der Waals surface area contributed by atoms with Crippen molar-refractivity contribution in [2.24, 2.45) is 17.8 Å². The van der Waals surface area contributed by atoms with Gasteiger partial charge in [-0.05, 0) is 82.9 Å². The fourth-order valence-electron chi connectivity index (χ4n) is 4.40. The third-order valence-corrected chi connectivity index (χ3v) is 6.47. The maximum atomic E-state index is 12.6. The number of amides is 1. The molecule has 1 amide bonds. The second kappa shape index (κ2) is 8.41. The van der Waals surface area contributed by atoms with E-state index in [-0.39, 0.29) is 17.5 Å². The van der Waals surface area contributed by atoms with Crippen molar-refractivity contribution >= 4 is 33.9 Å². The van der Waals surface area contributed by atoms with E-state index in [0.29, 0.717) is 28.9 Å². The van der Waals surface area contributed by atoms with Gasteiger partial charge in [-0.15, -0.1) is 0 Å². The summed E-state index contributed by atoms with van der Waals surface area (Å²) in [5, 5.41) is 12.2. The third-order valence-electron chi connectivity index (χ3n) is 5.82. The second-order valence-corrected chi connectivity index (χ2v) is 8.59. The van der Waals surface area contributed by atoms with Crippen LogP contribution in [0, 0.1) is 17.8 Å². The number of halogens is 1. The van der Waals surface area contributed by atoms with Gasteiger partial charge in [0.25, 0.3) is 0 Å². The van der Waals surface area contributed by atoms with Gasteiger partial charge in [-0.1, -0.05) is 30.7 Å². The number of hydrogen-bond acceptors (Lipinski definition) is 3. The van der Waals surface area contributed by atoms with Crippen LogP contribution >= 0.6 is 15.9 Å². The topological polar surface area (TPSA) is 75.6 Å². The third kappa shape index (κ3) is 4.53. The molecule has 0 aromatic heterocycles. The van der Waals surface area contributed by atoms with Crippen LogP contribution in [-0.4, -0.2) is 17.0 Å². The van der Waals surface area contributed by atoms with Gasteiger partial charge in [0.1, 0.15) is 17.2 Å². The van der Waals surface area contributed by atoms with Crippen LogP contribution in [0.25, 0.3) is 6.08 Å². The molecule has 29 heavy (non-hydrogen) atoms. The number of rotatable bonds is 6. The van der Waals surface area contributed by atoms with Crippen molar-refractivity contribution in [3.63, 3.8) is 0 Å². The quantitative estimate of drug-likeness (QED) is 0.585. The maximum absolute atomic E-state index is 12.6. The van der Waals surface area contributed by atoms with E-state index in [2.05, 4.69) is 21.2 Å². The SMILES string of the molecule is O=C(O)/C(=C/c1ccc(Oc2ccccc2Br)cc1)NC(=O)C1CC2CCC1C2. The molecule has 6 heteroatoms. The minimum Gasteiger partial charge on any atom is -0.477 e. The van der Waals surface area contributed by atoms with E-state index in [1.54, 1.807) is 24.3 Å². The predicted molar refractivity (Wildman–Crippen MR) is 113 cm³/mol. The molecular weight excluding hydrogens is 434 g/mol. The van der Waals surface area contributed by atoms with Crippen LogP contribution in [0.2, 0.25) is 0 Å². The van der Waals surface area contributed by atoms with Gasteiger partial charge in [0.05, 0.1) is 4.47 Å². The normalized spacial score (nSPS) is 23.1. The van der Waals surface area contributed by atoms with Crippen LogP contribution in [-0.2, 0) is 9.59 Å². The van der Waals surface area contributed by atoms with E-state index < -0.39 is 5.97 Å². The fourth-order valence-corrected chi connectivity index (χ4v) is 4.76. The molecule has 2 aliphatic rings. The summed E-state index contributed by atoms with van der Waals surface area (Å²) in [6, 6.07) is 14.6. The number of ether oxygens (including phenoxy) is 1. The van der Waals surface area contributed by atoms with Crippen LogP contribution < -0.4 is 10.1 Å². The number of aliphatic carboxylic acids is 1. The standard InChI is InChI=1S/C23H22BrNO4/c24-19-3-1-2-4-21(19)29-17-9-6-14(7-10-17)13-20(23(27)28)25-22(26)18-12-15-5-8-16(18)11-15/h1-4,6-7,9-10,13,15-16,18H,5,8,11-12H2,(H,25,26)(H,27,28)/b20-13-. The lowest BCUT2D eigenvalue weighted by Gasteiger charge is -2.20. The average Bonchev–Trinajstić information content (AvgIpc) is 3.34. The zero-order chi connectivity index (χ0) is 20.4. The molecule has 2 N–H and O–H groups in total. The first-order chi connectivity index (χ1) is 14.0. The zero-order valence-corrected chi connectivity index (χ0v) is 17.4. The average molecular weight is 456 g/mol. The number of carboxylic acids is 1. The number of benzene rings is 2. The highest BCUT2D eigenvalue weighted by Gasteiger charge is 2.43. The van der Waals surface area contributed by atoms with Crippen LogP contribution in [0.5, 0.6) is 11.5 Å². The highest BCUT2D eigenvalue weighted by molar-refractivity contribution is 9.10. The van der Waals surface area contributed by atoms with Gasteiger partial charge in [0, 0.05) is 5.92 Å². The van der Waals surface area contributed by atoms with Crippen LogP contribution in [0.15, 0.2) is 58.7 Å². The fraction of sp³-hybridized carbons (Fsp3) is 0.304. The summed E-state index contributed by atoms with van der Waals surface area (Å²) in [7, 11) is 0. The highest BCUT2D eigenvalue weighted by Crippen LogP contribution is 2.48. The van der Waals surface area contributed by atoms with Crippen LogP contribution in [0.4, 0.5) is 0 Å². The van der Waals surface area contributed by atoms with Crippen molar-refractivity contribution in [3.05, 3.63) is 64.3 Å². The Morgan fingerprint density at radius 2 is 1.83 bits per heavy atom. The summed E-state index contributed by atoms with van der Waals surface area (Å²) in [4.78, 5) is 24.2. The molecule has 0 aliphatic heterocycles. The van der Waals surface area contributed by atoms with Crippen LogP contribution in [0.1, 0.15) is 31.2 Å². The zero-order valence-electron chi connectivity index (χ0n) is 15.8. The Balaban J connectivity index is 1.45. The second-order valence-electron chi connectivity index (χ2n) is 7.74. The van der Waals surface area contributed by atoms with Crippen molar-refractivity contribution in [2.45, 2.75) is 25.7 Å². The molecule has 3 atom stereocenters. The minimum absolute atomic E-state index is 0.0587. The summed E-state index contributed by atoms with van der Waals surface area (Å²) in [5.41, 5.74) is 0.576. The first-order valence-electron chi connectivity index (χ1n) is 9.78. The summed E-state index contributed by atoms with van der Waals surface area (Å²) < 4.78 is 6.67. The molecule has 150 valence electrons. The molecule has 2 saturated carbocycles. The maximum Gasteiger partial charge on any atom is 0.352 e. The van der Waals surface area contributed by atoms with Gasteiger partial charge in [-0.3, -0.25) is 4.79 Å². The lowest BCUT2D eigenvalue weighted by atomic mass is 9.88. The minimum atomic E-state index is -1.14. The lowest BCUT2D eigenvalue weighted by Crippen LogP contribution is -2.35. The number of para-hydroxylation sites is 1. The van der Waals surface area contributed by atoms with Gasteiger partial charge in [-0.25, -0.2) is 4.79 Å². The van der Waals surface area contributed by atoms with Gasteiger partial charge in [-0.2, -0.15) is 0 Å². The predicted octanol–water partition coefficient (Wildman–Crippen LogP) is 5.22. The Kier molecular flexibility index (Phi) is 5.72. The Labute approximate surface area is 177 Å². The van der Waals surface area contributed by atoms with Crippen molar-refractivity contribution in [3.8, 4) is 11.5 Å². The number of nitrogens with one attached hydrogen (secondary N) is 1. The van der Waals surface area contributed by atoms with E-state index in [1.807, 2.05) is 24.3 Å². The van der Waals surface area contributed by atoms with Gasteiger partial charge >= 0.3 is 5.97 Å². The smallest absolute Gasteiger partial charge is 0.352 e. The summed E-state index contributed by atoms with van der Waals surface area (Å²) in [6.45, 7) is 0. The summed E-state index contributed by atoms with van der Waals surface area (Å²) >= 11 is 3.44. The number of fused-ring (bicyclic) bond motifs is 2. The van der Waals surface area contributed by atoms with Crippen molar-refractivity contribution in [1.29, 1.82) is 0 Å². The van der Waals surface area contributed by atoms with Crippen molar-refractivity contribution in [1.82, 2.24) is 5.32 Å². The molecule has 0 heterocycles. The first-order valence-corrected chi connectivity index (χ1v) is 10.6. The van der Waals surface area contributed by atoms with Crippen LogP contribution in [0.3, 0.4) is 0 Å². The monoisotopic (exact) mass is 455 g/mol. The van der Waals surface area contributed by atoms with E-state index in [1.165, 1.54) is 12.5 Å². The Morgan fingerprint density at radius 1 is 1.07 bits per heavy atom. The molecule has 2 bridgehead atoms. The summed E-state index contributed by atoms with van der Waals surface area (Å²) in [5.74, 6) is 0.998. The Bertz CT molecular complexity index is 954. The highest BCUT2D eigenvalue weighted by atomic mass is 79.9. The Hall–Kier alpha value is -2.60. The number of hydrogen-bond donors (Lipinski definition) is 2. The van der Waals surface area contributed by atoms with E-state index in [4.69, 9.17) is 4.74 Å². The van der Waals surface area contributed by atoms with Crippen molar-refractivity contribution in [2.75, 3.05) is 0 Å². The molecule has 5 nitrogen and oxygen atoms in total. The first kappa shape index (κ1) is 19.7. The Morgan fingerprint density at radius 3 is 2.45 bits per heavy atom. The van der Waals surface area contributed by atoms with E-state index in [0.717, 1.165) is 23.7 Å². The molecule has 2 aromatic rings. The molecule has 4 rings (SSSR count). The van der Waals surface area contributed by atoms with Gasteiger partial charge in [0.2, 0.25) is 5.91 Å². The van der Waals surface area contributed by atoms with E-state index in [9.17, 15) is 14.7 Å². The molecule has 2 fully saturated rings. The molecule has 0 radical (unpaired) electrons. The molecule has 0 spiro atoms.